The van der Waals surface area contributed by atoms with Crippen molar-refractivity contribution in [3.8, 4) is 0 Å². The Labute approximate surface area is 129 Å². The van der Waals surface area contributed by atoms with Gasteiger partial charge in [0.05, 0.1) is 0 Å². The maximum Gasteiger partial charge on any atom is 0.212 e. The summed E-state index contributed by atoms with van der Waals surface area (Å²) in [5.41, 5.74) is 4.81. The van der Waals surface area contributed by atoms with Crippen molar-refractivity contribution in [2.24, 2.45) is 7.05 Å². The van der Waals surface area contributed by atoms with Crippen LogP contribution in [0.25, 0.3) is 34.0 Å². The molecule has 0 atom stereocenters. The van der Waals surface area contributed by atoms with E-state index >= 15 is 0 Å². The summed E-state index contributed by atoms with van der Waals surface area (Å²) in [7, 11) is 2.11. The number of pyridine rings is 1. The molecule has 2 aromatic carbocycles. The molecule has 2 nitrogen and oxygen atoms in total. The molecule has 0 saturated carbocycles. The van der Waals surface area contributed by atoms with Gasteiger partial charge in [-0.05, 0) is 29.8 Å². The Morgan fingerprint density at radius 3 is 2.64 bits per heavy atom. The quantitative estimate of drug-likeness (QED) is 0.529. The number of rotatable bonds is 2. The van der Waals surface area contributed by atoms with Crippen LogP contribution < -0.4 is 4.57 Å². The second kappa shape index (κ2) is 5.15. The van der Waals surface area contributed by atoms with Crippen LogP contribution >= 0.6 is 0 Å². The number of hydrogen-bond acceptors (Lipinski definition) is 0. The zero-order chi connectivity index (χ0) is 14.9. The maximum absolute atomic E-state index is 3.31. The summed E-state index contributed by atoms with van der Waals surface area (Å²) >= 11 is 0. The Bertz CT molecular complexity index is 993. The standard InChI is InChI=1S/C20H16N2/c1-22-17(12-10-15-6-2-5-9-20(15)22)13-11-16-14-21-19-8-4-3-7-18(16)19/h2-14H,1H3/p+1. The third-order valence-corrected chi connectivity index (χ3v) is 4.17. The van der Waals surface area contributed by atoms with Gasteiger partial charge < -0.3 is 4.98 Å². The molecule has 0 aliphatic carbocycles. The monoisotopic (exact) mass is 285 g/mol. The fourth-order valence-corrected chi connectivity index (χ4v) is 2.93. The zero-order valence-corrected chi connectivity index (χ0v) is 12.5. The van der Waals surface area contributed by atoms with Crippen molar-refractivity contribution in [1.29, 1.82) is 0 Å². The van der Waals surface area contributed by atoms with Gasteiger partial charge in [-0.15, -0.1) is 0 Å². The lowest BCUT2D eigenvalue weighted by Gasteiger charge is -1.99. The van der Waals surface area contributed by atoms with Gasteiger partial charge in [-0.25, -0.2) is 0 Å². The van der Waals surface area contributed by atoms with Crippen molar-refractivity contribution in [2.75, 3.05) is 0 Å². The number of H-pyrrole nitrogens is 1. The first-order chi connectivity index (χ1) is 10.8. The summed E-state index contributed by atoms with van der Waals surface area (Å²) in [6.45, 7) is 0. The molecular formula is C20H17N2+. The number of hydrogen-bond donors (Lipinski definition) is 1. The Balaban J connectivity index is 1.78. The molecule has 4 rings (SSSR count). The third kappa shape index (κ3) is 2.09. The molecule has 0 amide bonds. The highest BCUT2D eigenvalue weighted by Crippen LogP contribution is 2.20. The summed E-state index contributed by atoms with van der Waals surface area (Å²) in [6, 6.07) is 21.1. The molecule has 4 aromatic rings. The molecule has 0 fully saturated rings. The van der Waals surface area contributed by atoms with E-state index in [4.69, 9.17) is 0 Å². The summed E-state index contributed by atoms with van der Waals surface area (Å²) < 4.78 is 2.22. The molecule has 2 heterocycles. The predicted molar refractivity (Wildman–Crippen MR) is 92.4 cm³/mol. The summed E-state index contributed by atoms with van der Waals surface area (Å²) in [4.78, 5) is 3.31. The maximum atomic E-state index is 3.31. The molecule has 0 unspecified atom stereocenters. The van der Waals surface area contributed by atoms with E-state index in [1.165, 1.54) is 33.1 Å². The minimum Gasteiger partial charge on any atom is -0.361 e. The number of aryl methyl sites for hydroxylation is 1. The van der Waals surface area contributed by atoms with Crippen LogP contribution in [0, 0.1) is 0 Å². The molecule has 22 heavy (non-hydrogen) atoms. The highest BCUT2D eigenvalue weighted by molar-refractivity contribution is 5.91. The van der Waals surface area contributed by atoms with E-state index in [-0.39, 0.29) is 0 Å². The van der Waals surface area contributed by atoms with Gasteiger partial charge in [0.25, 0.3) is 0 Å². The smallest absolute Gasteiger partial charge is 0.212 e. The molecule has 0 spiro atoms. The number of para-hydroxylation sites is 2. The van der Waals surface area contributed by atoms with Gasteiger partial charge >= 0.3 is 0 Å². The van der Waals surface area contributed by atoms with E-state index in [9.17, 15) is 0 Å². The Hall–Kier alpha value is -2.87. The summed E-state index contributed by atoms with van der Waals surface area (Å²) in [6.07, 6.45) is 6.40. The SMILES string of the molecule is C[n+]1c(/C=C/c2c[nH]c3ccccc23)ccc2ccccc21. The average molecular weight is 285 g/mol. The molecule has 0 bridgehead atoms. The van der Waals surface area contributed by atoms with Crippen molar-refractivity contribution in [2.45, 2.75) is 0 Å². The van der Waals surface area contributed by atoms with E-state index in [1.54, 1.807) is 0 Å². The van der Waals surface area contributed by atoms with Gasteiger partial charge in [0.1, 0.15) is 7.05 Å². The highest BCUT2D eigenvalue weighted by atomic mass is 14.9. The number of nitrogens with zero attached hydrogens (tertiary/aromatic N) is 1. The fourth-order valence-electron chi connectivity index (χ4n) is 2.93. The lowest BCUT2D eigenvalue weighted by Crippen LogP contribution is -2.32. The normalized spacial score (nSPS) is 11.7. The van der Waals surface area contributed by atoms with E-state index in [1.807, 2.05) is 0 Å². The lowest BCUT2D eigenvalue weighted by atomic mass is 10.1. The van der Waals surface area contributed by atoms with Gasteiger partial charge in [0.2, 0.25) is 11.2 Å². The van der Waals surface area contributed by atoms with Crippen LogP contribution in [0.5, 0.6) is 0 Å². The van der Waals surface area contributed by atoms with E-state index < -0.39 is 0 Å². The molecule has 0 saturated heterocycles. The fraction of sp³-hybridized carbons (Fsp3) is 0.0500. The van der Waals surface area contributed by atoms with E-state index in [2.05, 4.69) is 95.6 Å². The van der Waals surface area contributed by atoms with E-state index in [0.717, 1.165) is 0 Å². The van der Waals surface area contributed by atoms with Crippen LogP contribution in [0.3, 0.4) is 0 Å². The zero-order valence-electron chi connectivity index (χ0n) is 12.5. The molecule has 1 N–H and O–H groups in total. The van der Waals surface area contributed by atoms with Crippen LogP contribution in [0.1, 0.15) is 11.3 Å². The molecular weight excluding hydrogens is 268 g/mol. The molecule has 2 aromatic heterocycles. The van der Waals surface area contributed by atoms with Crippen LogP contribution in [-0.4, -0.2) is 4.98 Å². The Morgan fingerprint density at radius 2 is 1.68 bits per heavy atom. The second-order valence-corrected chi connectivity index (χ2v) is 5.50. The van der Waals surface area contributed by atoms with Crippen LogP contribution in [0.2, 0.25) is 0 Å². The summed E-state index contributed by atoms with van der Waals surface area (Å²) in [5.74, 6) is 0. The first-order valence-electron chi connectivity index (χ1n) is 7.45. The number of aromatic nitrogens is 2. The average Bonchev–Trinajstić information content (AvgIpc) is 2.98. The number of nitrogens with one attached hydrogen (secondary N) is 1. The molecule has 0 aliphatic heterocycles. The van der Waals surface area contributed by atoms with Crippen molar-refractivity contribution >= 4 is 34.0 Å². The molecule has 106 valence electrons. The minimum atomic E-state index is 1.17. The Morgan fingerprint density at radius 1 is 0.864 bits per heavy atom. The number of benzene rings is 2. The van der Waals surface area contributed by atoms with Gasteiger partial charge in [0.15, 0.2) is 0 Å². The largest absolute Gasteiger partial charge is 0.361 e. The minimum absolute atomic E-state index is 1.17. The highest BCUT2D eigenvalue weighted by Gasteiger charge is 2.08. The molecule has 2 heteroatoms. The molecule has 0 radical (unpaired) electrons. The van der Waals surface area contributed by atoms with E-state index in [0.29, 0.717) is 0 Å². The van der Waals surface area contributed by atoms with Crippen molar-refractivity contribution in [1.82, 2.24) is 4.98 Å². The third-order valence-electron chi connectivity index (χ3n) is 4.17. The van der Waals surface area contributed by atoms with Gasteiger partial charge in [0, 0.05) is 40.7 Å². The van der Waals surface area contributed by atoms with Crippen molar-refractivity contribution in [3.05, 3.63) is 78.1 Å². The van der Waals surface area contributed by atoms with Crippen molar-refractivity contribution in [3.63, 3.8) is 0 Å². The lowest BCUT2D eigenvalue weighted by molar-refractivity contribution is -0.646. The first kappa shape index (κ1) is 12.8. The summed E-state index contributed by atoms with van der Waals surface area (Å²) in [5, 5.41) is 2.51. The number of aromatic amines is 1. The Kier molecular flexibility index (Phi) is 3.01. The van der Waals surface area contributed by atoms with Crippen LogP contribution in [0.15, 0.2) is 66.9 Å². The van der Waals surface area contributed by atoms with Crippen molar-refractivity contribution < 1.29 is 4.57 Å². The van der Waals surface area contributed by atoms with Gasteiger partial charge in [-0.3, -0.25) is 0 Å². The number of fused-ring (bicyclic) bond motifs is 2. The van der Waals surface area contributed by atoms with Gasteiger partial charge in [-0.1, -0.05) is 30.3 Å². The first-order valence-corrected chi connectivity index (χ1v) is 7.45. The molecule has 0 aliphatic rings. The predicted octanol–water partition coefficient (Wildman–Crippen LogP) is 4.32. The van der Waals surface area contributed by atoms with Crippen LogP contribution in [0.4, 0.5) is 0 Å². The van der Waals surface area contributed by atoms with Crippen LogP contribution in [-0.2, 0) is 7.05 Å². The van der Waals surface area contributed by atoms with Gasteiger partial charge in [-0.2, -0.15) is 4.57 Å². The second-order valence-electron chi connectivity index (χ2n) is 5.50. The topological polar surface area (TPSA) is 19.7 Å².